The first kappa shape index (κ1) is 23.3. The van der Waals surface area contributed by atoms with Gasteiger partial charge in [-0.3, -0.25) is 0 Å². The molecule has 0 radical (unpaired) electrons. The molecule has 6 heteroatoms. The molecule has 0 saturated heterocycles. The van der Waals surface area contributed by atoms with Crippen molar-refractivity contribution in [3.8, 4) is 5.88 Å². The van der Waals surface area contributed by atoms with Crippen LogP contribution in [0.5, 0.6) is 5.88 Å². The Morgan fingerprint density at radius 1 is 1.00 bits per heavy atom. The van der Waals surface area contributed by atoms with Crippen molar-refractivity contribution in [1.82, 2.24) is 14.5 Å². The monoisotopic (exact) mass is 527 g/mol. The van der Waals surface area contributed by atoms with E-state index in [1.807, 2.05) is 77.5 Å². The van der Waals surface area contributed by atoms with Gasteiger partial charge in [0.15, 0.2) is 0 Å². The molecule has 2 unspecified atom stereocenters. The molecule has 0 aliphatic heterocycles. The second-order valence-electron chi connectivity index (χ2n) is 8.61. The van der Waals surface area contributed by atoms with Gasteiger partial charge in [0, 0.05) is 40.3 Å². The lowest BCUT2D eigenvalue weighted by Gasteiger charge is -2.38. The van der Waals surface area contributed by atoms with Crippen LogP contribution in [0.4, 0.5) is 0 Å². The Kier molecular flexibility index (Phi) is 6.66. The number of hydrogen-bond donors (Lipinski definition) is 1. The van der Waals surface area contributed by atoms with E-state index in [2.05, 4.69) is 39.1 Å². The lowest BCUT2D eigenvalue weighted by atomic mass is 9.71. The number of nitrogens with zero attached hydrogens (tertiary/aromatic N) is 3. The Labute approximate surface area is 213 Å². The maximum Gasteiger partial charge on any atom is 0.217 e. The number of methoxy groups -OCH3 is 1. The highest BCUT2D eigenvalue weighted by molar-refractivity contribution is 9.10. The number of aromatic nitrogens is 3. The van der Waals surface area contributed by atoms with Crippen LogP contribution < -0.4 is 4.74 Å². The van der Waals surface area contributed by atoms with Crippen molar-refractivity contribution in [2.75, 3.05) is 7.11 Å². The zero-order valence-electron chi connectivity index (χ0n) is 19.4. The molecule has 5 nitrogen and oxygen atoms in total. The molecule has 2 aromatic heterocycles. The summed E-state index contributed by atoms with van der Waals surface area (Å²) in [4.78, 5) is 9.00. The van der Waals surface area contributed by atoms with E-state index in [4.69, 9.17) is 9.72 Å². The summed E-state index contributed by atoms with van der Waals surface area (Å²) in [6.07, 6.45) is 5.91. The van der Waals surface area contributed by atoms with E-state index >= 15 is 0 Å². The van der Waals surface area contributed by atoms with Crippen molar-refractivity contribution in [3.63, 3.8) is 0 Å². The van der Waals surface area contributed by atoms with Crippen LogP contribution in [0.25, 0.3) is 10.9 Å². The lowest BCUT2D eigenvalue weighted by Crippen LogP contribution is -2.36. The number of rotatable bonds is 8. The normalized spacial score (nSPS) is 13.9. The molecule has 176 valence electrons. The van der Waals surface area contributed by atoms with Gasteiger partial charge in [-0.15, -0.1) is 0 Å². The average molecular weight is 528 g/mol. The Morgan fingerprint density at radius 2 is 1.74 bits per heavy atom. The number of aryl methyl sites for hydroxylation is 1. The van der Waals surface area contributed by atoms with E-state index in [9.17, 15) is 5.11 Å². The van der Waals surface area contributed by atoms with Crippen molar-refractivity contribution in [1.29, 1.82) is 0 Å². The van der Waals surface area contributed by atoms with Crippen molar-refractivity contribution >= 4 is 26.8 Å². The largest absolute Gasteiger partial charge is 0.481 e. The van der Waals surface area contributed by atoms with Gasteiger partial charge >= 0.3 is 0 Å². The van der Waals surface area contributed by atoms with Crippen molar-refractivity contribution in [3.05, 3.63) is 125 Å². The summed E-state index contributed by atoms with van der Waals surface area (Å²) in [5, 5.41) is 13.6. The Morgan fingerprint density at radius 3 is 2.43 bits per heavy atom. The molecular formula is C29H26BrN3O2. The molecule has 0 aliphatic carbocycles. The van der Waals surface area contributed by atoms with Crippen LogP contribution >= 0.6 is 15.9 Å². The third-order valence-corrected chi connectivity index (χ3v) is 6.96. The fourth-order valence-corrected chi connectivity index (χ4v) is 5.15. The van der Waals surface area contributed by atoms with E-state index in [0.29, 0.717) is 18.8 Å². The fraction of sp³-hybridized carbons (Fsp3) is 0.172. The highest BCUT2D eigenvalue weighted by Crippen LogP contribution is 2.47. The van der Waals surface area contributed by atoms with Crippen molar-refractivity contribution < 1.29 is 9.84 Å². The van der Waals surface area contributed by atoms with Gasteiger partial charge in [0.1, 0.15) is 5.60 Å². The van der Waals surface area contributed by atoms with E-state index in [1.165, 1.54) is 0 Å². The van der Waals surface area contributed by atoms with E-state index in [-0.39, 0.29) is 0 Å². The third-order valence-electron chi connectivity index (χ3n) is 6.47. The minimum atomic E-state index is -1.25. The summed E-state index contributed by atoms with van der Waals surface area (Å²) in [6.45, 7) is 0.601. The topological polar surface area (TPSA) is 60.2 Å². The van der Waals surface area contributed by atoms with Crippen LogP contribution in [0.1, 0.15) is 29.0 Å². The highest BCUT2D eigenvalue weighted by Gasteiger charge is 2.42. The first-order valence-corrected chi connectivity index (χ1v) is 12.3. The van der Waals surface area contributed by atoms with E-state index < -0.39 is 11.5 Å². The molecule has 0 fully saturated rings. The van der Waals surface area contributed by atoms with Crippen LogP contribution in [-0.4, -0.2) is 26.8 Å². The smallest absolute Gasteiger partial charge is 0.217 e. The molecule has 1 N–H and O–H groups in total. The molecule has 0 amide bonds. The van der Waals surface area contributed by atoms with Gasteiger partial charge in [-0.05, 0) is 41.8 Å². The Bertz CT molecular complexity index is 1410. The van der Waals surface area contributed by atoms with Crippen LogP contribution in [-0.2, 0) is 12.1 Å². The number of pyridine rings is 1. The summed E-state index contributed by atoms with van der Waals surface area (Å²) >= 11 is 3.58. The molecule has 5 aromatic rings. The van der Waals surface area contributed by atoms with E-state index in [1.54, 1.807) is 19.6 Å². The second kappa shape index (κ2) is 10.0. The van der Waals surface area contributed by atoms with Crippen LogP contribution in [0.2, 0.25) is 0 Å². The van der Waals surface area contributed by atoms with Gasteiger partial charge in [-0.1, -0.05) is 76.6 Å². The lowest BCUT2D eigenvalue weighted by molar-refractivity contribution is 0.00543. The summed E-state index contributed by atoms with van der Waals surface area (Å²) in [5.41, 5.74) is 2.24. The van der Waals surface area contributed by atoms with Gasteiger partial charge in [0.25, 0.3) is 0 Å². The Hall–Kier alpha value is -3.48. The van der Waals surface area contributed by atoms with Crippen LogP contribution in [0, 0.1) is 0 Å². The molecule has 3 aromatic carbocycles. The molecule has 5 rings (SSSR count). The van der Waals surface area contributed by atoms with Crippen LogP contribution in [0.15, 0.2) is 108 Å². The van der Waals surface area contributed by atoms with Crippen molar-refractivity contribution in [2.45, 2.75) is 24.5 Å². The third kappa shape index (κ3) is 4.72. The van der Waals surface area contributed by atoms with Gasteiger partial charge in [-0.25, -0.2) is 9.97 Å². The first-order valence-electron chi connectivity index (χ1n) is 11.5. The molecule has 2 heterocycles. The average Bonchev–Trinajstić information content (AvgIpc) is 3.42. The molecule has 0 spiro atoms. The SMILES string of the molecule is COc1nc2ccc(Br)cc2cc1C(c1ccccc1)C(O)(CCn1ccnc1)c1ccccc1. The molecule has 0 saturated carbocycles. The Balaban J connectivity index is 1.75. The predicted molar refractivity (Wildman–Crippen MR) is 141 cm³/mol. The maximum atomic E-state index is 12.7. The fourth-order valence-electron chi connectivity index (χ4n) is 4.77. The number of ether oxygens (including phenoxy) is 1. The van der Waals surface area contributed by atoms with E-state index in [0.717, 1.165) is 32.1 Å². The van der Waals surface area contributed by atoms with Crippen molar-refractivity contribution in [2.24, 2.45) is 0 Å². The number of aliphatic hydroxyl groups is 1. The summed E-state index contributed by atoms with van der Waals surface area (Å²) < 4.78 is 8.78. The van der Waals surface area contributed by atoms with Gasteiger partial charge in [0.2, 0.25) is 5.88 Å². The van der Waals surface area contributed by atoms with Gasteiger partial charge in [-0.2, -0.15) is 0 Å². The zero-order valence-corrected chi connectivity index (χ0v) is 21.0. The summed E-state index contributed by atoms with van der Waals surface area (Å²) in [5.74, 6) is 0.0751. The predicted octanol–water partition coefficient (Wildman–Crippen LogP) is 6.31. The second-order valence-corrected chi connectivity index (χ2v) is 9.52. The van der Waals surface area contributed by atoms with Crippen LogP contribution in [0.3, 0.4) is 0 Å². The number of imidazole rings is 1. The number of halogens is 1. The zero-order chi connectivity index (χ0) is 24.3. The molecule has 0 bridgehead atoms. The summed E-state index contributed by atoms with van der Waals surface area (Å²) in [7, 11) is 1.63. The number of benzene rings is 3. The quantitative estimate of drug-likeness (QED) is 0.256. The maximum absolute atomic E-state index is 12.7. The number of fused-ring (bicyclic) bond motifs is 1. The number of hydrogen-bond acceptors (Lipinski definition) is 4. The molecule has 2 atom stereocenters. The van der Waals surface area contributed by atoms with Gasteiger partial charge < -0.3 is 14.4 Å². The highest BCUT2D eigenvalue weighted by atomic mass is 79.9. The standard InChI is InChI=1S/C29H26BrN3O2/c1-35-28-25(19-22-18-24(30)12-13-26(22)32-28)27(21-8-4-2-5-9-21)29(34,23-10-6-3-7-11-23)14-16-33-17-15-31-20-33/h2-13,15,17-20,27,34H,14,16H2,1H3. The molecule has 35 heavy (non-hydrogen) atoms. The molecule has 0 aliphatic rings. The molecular weight excluding hydrogens is 502 g/mol. The van der Waals surface area contributed by atoms with Gasteiger partial charge in [0.05, 0.1) is 19.0 Å². The first-order chi connectivity index (χ1) is 17.1. The summed E-state index contributed by atoms with van der Waals surface area (Å²) in [6, 6.07) is 28.0. The minimum absolute atomic E-state index is 0.430. The minimum Gasteiger partial charge on any atom is -0.481 e.